The normalized spacial score (nSPS) is 16.3. The standard InChI is InChI=1S/C17H28N4O2/c1-4-15(23-5-2)13-19-17(22)21-11-9-20(10-12-21)16-14(3)7-6-8-18-16/h6-8,15H,4-5,9-13H2,1-3H3,(H,19,22)/t15-/m0/s1. The molecule has 2 rings (SSSR count). The van der Waals surface area contributed by atoms with Crippen molar-refractivity contribution in [1.82, 2.24) is 15.2 Å². The quantitative estimate of drug-likeness (QED) is 0.871. The van der Waals surface area contributed by atoms with Crippen molar-refractivity contribution in [3.8, 4) is 0 Å². The number of amides is 2. The zero-order valence-electron chi connectivity index (χ0n) is 14.4. The van der Waals surface area contributed by atoms with Gasteiger partial charge >= 0.3 is 6.03 Å². The fraction of sp³-hybridized carbons (Fsp3) is 0.647. The first-order chi connectivity index (χ1) is 11.2. The molecule has 1 aromatic heterocycles. The molecular formula is C17H28N4O2. The molecule has 0 bridgehead atoms. The van der Waals surface area contributed by atoms with Crippen LogP contribution in [0.1, 0.15) is 25.8 Å². The Morgan fingerprint density at radius 3 is 2.70 bits per heavy atom. The Balaban J connectivity index is 1.80. The molecule has 0 saturated carbocycles. The second-order valence-corrected chi connectivity index (χ2v) is 5.79. The summed E-state index contributed by atoms with van der Waals surface area (Å²) in [5.74, 6) is 1.02. The van der Waals surface area contributed by atoms with Gasteiger partial charge in [-0.05, 0) is 31.9 Å². The number of aryl methyl sites for hydroxylation is 1. The third-order valence-electron chi connectivity index (χ3n) is 4.19. The summed E-state index contributed by atoms with van der Waals surface area (Å²) in [5, 5.41) is 2.98. The van der Waals surface area contributed by atoms with Crippen LogP contribution in [-0.2, 0) is 4.74 Å². The van der Waals surface area contributed by atoms with E-state index in [0.29, 0.717) is 26.2 Å². The first-order valence-corrected chi connectivity index (χ1v) is 8.46. The third-order valence-corrected chi connectivity index (χ3v) is 4.19. The van der Waals surface area contributed by atoms with Crippen molar-refractivity contribution in [3.63, 3.8) is 0 Å². The molecule has 1 N–H and O–H groups in total. The summed E-state index contributed by atoms with van der Waals surface area (Å²) in [5.41, 5.74) is 1.17. The Hall–Kier alpha value is -1.82. The molecule has 6 heteroatoms. The molecular weight excluding hydrogens is 292 g/mol. The molecule has 0 unspecified atom stereocenters. The van der Waals surface area contributed by atoms with Gasteiger partial charge in [0.05, 0.1) is 6.10 Å². The first-order valence-electron chi connectivity index (χ1n) is 8.46. The van der Waals surface area contributed by atoms with Gasteiger partial charge in [0.25, 0.3) is 0 Å². The number of piperazine rings is 1. The average Bonchev–Trinajstić information content (AvgIpc) is 2.59. The molecule has 2 heterocycles. The lowest BCUT2D eigenvalue weighted by Gasteiger charge is -2.36. The molecule has 1 aliphatic heterocycles. The second-order valence-electron chi connectivity index (χ2n) is 5.79. The largest absolute Gasteiger partial charge is 0.377 e. The van der Waals surface area contributed by atoms with Crippen molar-refractivity contribution >= 4 is 11.8 Å². The SMILES string of the molecule is CCO[C@@H](CC)CNC(=O)N1CCN(c2ncccc2C)CC1. The number of rotatable bonds is 6. The molecule has 23 heavy (non-hydrogen) atoms. The lowest BCUT2D eigenvalue weighted by Crippen LogP contribution is -2.53. The van der Waals surface area contributed by atoms with Crippen molar-refractivity contribution in [2.75, 3.05) is 44.2 Å². The number of urea groups is 1. The lowest BCUT2D eigenvalue weighted by atomic mass is 10.2. The summed E-state index contributed by atoms with van der Waals surface area (Å²) in [6.07, 6.45) is 2.82. The Morgan fingerprint density at radius 1 is 1.35 bits per heavy atom. The summed E-state index contributed by atoms with van der Waals surface area (Å²) >= 11 is 0. The van der Waals surface area contributed by atoms with Crippen LogP contribution in [0.15, 0.2) is 18.3 Å². The van der Waals surface area contributed by atoms with Crippen LogP contribution in [0, 0.1) is 6.92 Å². The number of carbonyl (C=O) groups excluding carboxylic acids is 1. The van der Waals surface area contributed by atoms with E-state index in [1.165, 1.54) is 5.56 Å². The fourth-order valence-electron chi connectivity index (χ4n) is 2.80. The maximum Gasteiger partial charge on any atom is 0.317 e. The first kappa shape index (κ1) is 17.5. The summed E-state index contributed by atoms with van der Waals surface area (Å²) in [7, 11) is 0. The van der Waals surface area contributed by atoms with E-state index >= 15 is 0 Å². The van der Waals surface area contributed by atoms with Crippen molar-refractivity contribution in [3.05, 3.63) is 23.9 Å². The van der Waals surface area contributed by atoms with Gasteiger partial charge in [0, 0.05) is 45.5 Å². The van der Waals surface area contributed by atoms with Crippen LogP contribution >= 0.6 is 0 Å². The number of hydrogen-bond donors (Lipinski definition) is 1. The van der Waals surface area contributed by atoms with E-state index in [-0.39, 0.29) is 12.1 Å². The predicted molar refractivity (Wildman–Crippen MR) is 91.9 cm³/mol. The van der Waals surface area contributed by atoms with Gasteiger partial charge in [-0.2, -0.15) is 0 Å². The molecule has 1 atom stereocenters. The summed E-state index contributed by atoms with van der Waals surface area (Å²) in [4.78, 5) is 20.8. The van der Waals surface area contributed by atoms with E-state index in [0.717, 1.165) is 25.3 Å². The van der Waals surface area contributed by atoms with Crippen LogP contribution in [0.25, 0.3) is 0 Å². The molecule has 128 valence electrons. The molecule has 1 aromatic rings. The van der Waals surface area contributed by atoms with E-state index in [4.69, 9.17) is 4.74 Å². The Labute approximate surface area is 138 Å². The second kappa shape index (κ2) is 8.72. The van der Waals surface area contributed by atoms with Gasteiger partial charge in [-0.15, -0.1) is 0 Å². The van der Waals surface area contributed by atoms with E-state index in [1.807, 2.05) is 24.1 Å². The smallest absolute Gasteiger partial charge is 0.317 e. The Bertz CT molecular complexity index is 501. The molecule has 0 spiro atoms. The monoisotopic (exact) mass is 320 g/mol. The highest BCUT2D eigenvalue weighted by Crippen LogP contribution is 2.17. The summed E-state index contributed by atoms with van der Waals surface area (Å²) < 4.78 is 5.57. The molecule has 6 nitrogen and oxygen atoms in total. The maximum atomic E-state index is 12.3. The van der Waals surface area contributed by atoms with Gasteiger partial charge in [-0.1, -0.05) is 13.0 Å². The number of aromatic nitrogens is 1. The van der Waals surface area contributed by atoms with Gasteiger partial charge in [0.1, 0.15) is 5.82 Å². The fourth-order valence-corrected chi connectivity index (χ4v) is 2.80. The van der Waals surface area contributed by atoms with Gasteiger partial charge in [-0.25, -0.2) is 9.78 Å². The lowest BCUT2D eigenvalue weighted by molar-refractivity contribution is 0.0605. The Morgan fingerprint density at radius 2 is 2.09 bits per heavy atom. The highest BCUT2D eigenvalue weighted by atomic mass is 16.5. The number of hydrogen-bond acceptors (Lipinski definition) is 4. The minimum atomic E-state index is 0.000505. The van der Waals surface area contributed by atoms with Crippen LogP contribution in [0.5, 0.6) is 0 Å². The van der Waals surface area contributed by atoms with Gasteiger partial charge < -0.3 is 19.9 Å². The van der Waals surface area contributed by atoms with Crippen LogP contribution in [0.3, 0.4) is 0 Å². The van der Waals surface area contributed by atoms with Crippen LogP contribution in [-0.4, -0.2) is 61.3 Å². The number of carbonyl (C=O) groups is 1. The third kappa shape index (κ3) is 4.82. The Kier molecular flexibility index (Phi) is 6.65. The zero-order chi connectivity index (χ0) is 16.7. The van der Waals surface area contributed by atoms with Crippen LogP contribution < -0.4 is 10.2 Å². The van der Waals surface area contributed by atoms with Crippen molar-refractivity contribution in [1.29, 1.82) is 0 Å². The van der Waals surface area contributed by atoms with Crippen molar-refractivity contribution < 1.29 is 9.53 Å². The van der Waals surface area contributed by atoms with Gasteiger partial charge in [-0.3, -0.25) is 0 Å². The minimum Gasteiger partial charge on any atom is -0.377 e. The molecule has 2 amide bonds. The van der Waals surface area contributed by atoms with E-state index < -0.39 is 0 Å². The van der Waals surface area contributed by atoms with Crippen molar-refractivity contribution in [2.45, 2.75) is 33.3 Å². The van der Waals surface area contributed by atoms with Crippen molar-refractivity contribution in [2.24, 2.45) is 0 Å². The number of nitrogens with zero attached hydrogens (tertiary/aromatic N) is 3. The molecule has 0 aliphatic carbocycles. The molecule has 1 aliphatic rings. The number of anilines is 1. The van der Waals surface area contributed by atoms with E-state index in [9.17, 15) is 4.79 Å². The van der Waals surface area contributed by atoms with Crippen LogP contribution in [0.2, 0.25) is 0 Å². The molecule has 0 radical (unpaired) electrons. The number of nitrogens with one attached hydrogen (secondary N) is 1. The van der Waals surface area contributed by atoms with Gasteiger partial charge in [0.15, 0.2) is 0 Å². The van der Waals surface area contributed by atoms with Gasteiger partial charge in [0.2, 0.25) is 0 Å². The minimum absolute atomic E-state index is 0.000505. The number of pyridine rings is 1. The van der Waals surface area contributed by atoms with Crippen LogP contribution in [0.4, 0.5) is 10.6 Å². The number of ether oxygens (including phenoxy) is 1. The molecule has 1 saturated heterocycles. The van der Waals surface area contributed by atoms with E-state index in [2.05, 4.69) is 35.1 Å². The maximum absolute atomic E-state index is 12.3. The summed E-state index contributed by atoms with van der Waals surface area (Å²) in [6, 6.07) is 4.02. The highest BCUT2D eigenvalue weighted by Gasteiger charge is 2.22. The predicted octanol–water partition coefficient (Wildman–Crippen LogP) is 2.04. The average molecular weight is 320 g/mol. The molecule has 1 fully saturated rings. The van der Waals surface area contributed by atoms with E-state index in [1.54, 1.807) is 0 Å². The summed E-state index contributed by atoms with van der Waals surface area (Å²) in [6.45, 7) is 10.4. The highest BCUT2D eigenvalue weighted by molar-refractivity contribution is 5.74. The topological polar surface area (TPSA) is 57.7 Å². The molecule has 0 aromatic carbocycles. The zero-order valence-corrected chi connectivity index (χ0v) is 14.4.